The lowest BCUT2D eigenvalue weighted by Gasteiger charge is -2.34. The van der Waals surface area contributed by atoms with Gasteiger partial charge in [-0.25, -0.2) is 9.78 Å². The first-order valence-corrected chi connectivity index (χ1v) is 9.57. The van der Waals surface area contributed by atoms with Gasteiger partial charge in [0.25, 0.3) is 0 Å². The average Bonchev–Trinajstić information content (AvgIpc) is 3.23. The maximum Gasteiger partial charge on any atom is 0.317 e. The highest BCUT2D eigenvalue weighted by Gasteiger charge is 2.22. The molecule has 1 aliphatic rings. The van der Waals surface area contributed by atoms with E-state index in [0.717, 1.165) is 25.5 Å². The number of urea groups is 1. The summed E-state index contributed by atoms with van der Waals surface area (Å²) in [7, 11) is 1.99. The standard InChI is InChI=1S/C15H23N7O2S/c1-20-4-3-16-13(20)10-21-5-7-22(8-6-21)15(23)17-9-14-18-12(11-25-2)19-24-14/h3-4H,5-11H2,1-2H3,(H,17,23). The van der Waals surface area contributed by atoms with Gasteiger partial charge in [-0.3, -0.25) is 4.90 Å². The number of rotatable bonds is 6. The number of nitrogens with one attached hydrogen (secondary N) is 1. The SMILES string of the molecule is CSCc1noc(CNC(=O)N2CCN(Cc3nccn3C)CC2)n1. The summed E-state index contributed by atoms with van der Waals surface area (Å²) in [6.07, 6.45) is 5.73. The van der Waals surface area contributed by atoms with Crippen LogP contribution in [0.1, 0.15) is 17.5 Å². The largest absolute Gasteiger partial charge is 0.337 e. The Labute approximate surface area is 150 Å². The maximum atomic E-state index is 12.3. The molecule has 0 aromatic carbocycles. The van der Waals surface area contributed by atoms with E-state index >= 15 is 0 Å². The summed E-state index contributed by atoms with van der Waals surface area (Å²) in [6, 6.07) is -0.0961. The van der Waals surface area contributed by atoms with Crippen molar-refractivity contribution >= 4 is 17.8 Å². The van der Waals surface area contributed by atoms with Crippen molar-refractivity contribution in [2.45, 2.75) is 18.8 Å². The van der Waals surface area contributed by atoms with Crippen LogP contribution in [0.2, 0.25) is 0 Å². The van der Waals surface area contributed by atoms with Crippen LogP contribution < -0.4 is 5.32 Å². The lowest BCUT2D eigenvalue weighted by atomic mass is 10.3. The molecule has 3 heterocycles. The zero-order valence-corrected chi connectivity index (χ0v) is 15.3. The lowest BCUT2D eigenvalue weighted by Crippen LogP contribution is -2.51. The zero-order valence-electron chi connectivity index (χ0n) is 14.5. The molecule has 1 fully saturated rings. The number of carbonyl (C=O) groups excluding carboxylic acids is 1. The minimum atomic E-state index is -0.0961. The van der Waals surface area contributed by atoms with E-state index < -0.39 is 0 Å². The van der Waals surface area contributed by atoms with Crippen LogP contribution in [0.3, 0.4) is 0 Å². The average molecular weight is 365 g/mol. The van der Waals surface area contributed by atoms with Crippen molar-refractivity contribution in [1.29, 1.82) is 0 Å². The molecule has 0 bridgehead atoms. The van der Waals surface area contributed by atoms with Crippen LogP contribution in [0.15, 0.2) is 16.9 Å². The van der Waals surface area contributed by atoms with Crippen LogP contribution in [-0.2, 0) is 25.9 Å². The molecule has 0 atom stereocenters. The predicted molar refractivity (Wildman–Crippen MR) is 93.8 cm³/mol. The molecule has 1 aliphatic heterocycles. The summed E-state index contributed by atoms with van der Waals surface area (Å²) in [5.74, 6) is 2.83. The molecule has 2 aromatic heterocycles. The van der Waals surface area contributed by atoms with Gasteiger partial charge in [-0.2, -0.15) is 16.7 Å². The third-order valence-corrected chi connectivity index (χ3v) is 4.67. The van der Waals surface area contributed by atoms with Gasteiger partial charge in [0.2, 0.25) is 5.89 Å². The third kappa shape index (κ3) is 4.73. The molecule has 2 aromatic rings. The van der Waals surface area contributed by atoms with E-state index in [4.69, 9.17) is 4.52 Å². The number of hydrogen-bond donors (Lipinski definition) is 1. The molecule has 2 amide bonds. The summed E-state index contributed by atoms with van der Waals surface area (Å²) < 4.78 is 7.14. The number of aromatic nitrogens is 4. The van der Waals surface area contributed by atoms with Crippen molar-refractivity contribution in [1.82, 2.24) is 34.8 Å². The monoisotopic (exact) mass is 365 g/mol. The van der Waals surface area contributed by atoms with Gasteiger partial charge in [0, 0.05) is 45.6 Å². The highest BCUT2D eigenvalue weighted by Crippen LogP contribution is 2.08. The first kappa shape index (κ1) is 17.7. The summed E-state index contributed by atoms with van der Waals surface area (Å²) in [4.78, 5) is 25.0. The molecule has 0 saturated carbocycles. The van der Waals surface area contributed by atoms with E-state index in [1.165, 1.54) is 0 Å². The highest BCUT2D eigenvalue weighted by molar-refractivity contribution is 7.97. The van der Waals surface area contributed by atoms with Gasteiger partial charge >= 0.3 is 6.03 Å². The molecule has 0 spiro atoms. The predicted octanol–water partition coefficient (Wildman–Crippen LogP) is 0.693. The van der Waals surface area contributed by atoms with Gasteiger partial charge in [-0.1, -0.05) is 5.16 Å². The Hall–Kier alpha value is -2.07. The van der Waals surface area contributed by atoms with E-state index in [1.54, 1.807) is 18.0 Å². The second-order valence-electron chi connectivity index (χ2n) is 5.91. The second kappa shape index (κ2) is 8.34. The van der Waals surface area contributed by atoms with Crippen LogP contribution in [0, 0.1) is 0 Å². The van der Waals surface area contributed by atoms with Crippen molar-refractivity contribution in [3.05, 3.63) is 29.9 Å². The Bertz CT molecular complexity index is 694. The van der Waals surface area contributed by atoms with Gasteiger partial charge in [0.05, 0.1) is 18.8 Å². The fourth-order valence-corrected chi connectivity index (χ4v) is 3.05. The van der Waals surface area contributed by atoms with Crippen LogP contribution in [0.4, 0.5) is 4.79 Å². The van der Waals surface area contributed by atoms with E-state index in [-0.39, 0.29) is 12.6 Å². The molecule has 10 heteroatoms. The van der Waals surface area contributed by atoms with Crippen molar-refractivity contribution in [3.63, 3.8) is 0 Å². The summed E-state index contributed by atoms with van der Waals surface area (Å²) in [5, 5.41) is 6.70. The zero-order chi connectivity index (χ0) is 17.6. The normalized spacial score (nSPS) is 15.5. The van der Waals surface area contributed by atoms with Crippen LogP contribution >= 0.6 is 11.8 Å². The Morgan fingerprint density at radius 3 is 2.84 bits per heavy atom. The molecule has 136 valence electrons. The molecule has 0 radical (unpaired) electrons. The van der Waals surface area contributed by atoms with E-state index in [2.05, 4.69) is 25.3 Å². The van der Waals surface area contributed by atoms with Gasteiger partial charge in [-0.15, -0.1) is 0 Å². The summed E-state index contributed by atoms with van der Waals surface area (Å²) >= 11 is 1.63. The van der Waals surface area contributed by atoms with E-state index in [9.17, 15) is 4.79 Å². The Morgan fingerprint density at radius 2 is 2.16 bits per heavy atom. The number of thioether (sulfide) groups is 1. The number of imidazole rings is 1. The van der Waals surface area contributed by atoms with Gasteiger partial charge in [0.15, 0.2) is 5.82 Å². The molecular formula is C15H23N7O2S. The number of aryl methyl sites for hydroxylation is 1. The molecule has 1 N–H and O–H groups in total. The lowest BCUT2D eigenvalue weighted by molar-refractivity contribution is 0.132. The minimum absolute atomic E-state index is 0.0961. The number of amides is 2. The van der Waals surface area contributed by atoms with E-state index in [0.29, 0.717) is 30.6 Å². The molecular weight excluding hydrogens is 342 g/mol. The van der Waals surface area contributed by atoms with Crippen molar-refractivity contribution in [2.24, 2.45) is 7.05 Å². The topological polar surface area (TPSA) is 92.3 Å². The van der Waals surface area contributed by atoms with E-state index in [1.807, 2.05) is 29.0 Å². The first-order valence-electron chi connectivity index (χ1n) is 8.17. The Balaban J connectivity index is 1.41. The Kier molecular flexibility index (Phi) is 5.92. The van der Waals surface area contributed by atoms with Crippen molar-refractivity contribution < 1.29 is 9.32 Å². The van der Waals surface area contributed by atoms with Gasteiger partial charge in [0.1, 0.15) is 5.82 Å². The molecule has 3 rings (SSSR count). The smallest absolute Gasteiger partial charge is 0.317 e. The number of piperazine rings is 1. The highest BCUT2D eigenvalue weighted by atomic mass is 32.2. The summed E-state index contributed by atoms with van der Waals surface area (Å²) in [5.41, 5.74) is 0. The van der Waals surface area contributed by atoms with Gasteiger partial charge in [-0.05, 0) is 6.26 Å². The fourth-order valence-electron chi connectivity index (χ4n) is 2.67. The number of carbonyl (C=O) groups is 1. The minimum Gasteiger partial charge on any atom is -0.337 e. The second-order valence-corrected chi connectivity index (χ2v) is 6.78. The maximum absolute atomic E-state index is 12.3. The van der Waals surface area contributed by atoms with Crippen LogP contribution in [0.5, 0.6) is 0 Å². The number of hydrogen-bond acceptors (Lipinski definition) is 7. The molecule has 25 heavy (non-hydrogen) atoms. The fraction of sp³-hybridized carbons (Fsp3) is 0.600. The van der Waals surface area contributed by atoms with Gasteiger partial charge < -0.3 is 19.3 Å². The van der Waals surface area contributed by atoms with Crippen LogP contribution in [-0.4, -0.2) is 68.0 Å². The van der Waals surface area contributed by atoms with Crippen molar-refractivity contribution in [2.75, 3.05) is 32.4 Å². The molecule has 9 nitrogen and oxygen atoms in total. The third-order valence-electron chi connectivity index (χ3n) is 4.12. The first-order chi connectivity index (χ1) is 12.2. The molecule has 0 unspecified atom stereocenters. The Morgan fingerprint density at radius 1 is 1.36 bits per heavy atom. The van der Waals surface area contributed by atoms with Crippen LogP contribution in [0.25, 0.3) is 0 Å². The molecule has 1 saturated heterocycles. The van der Waals surface area contributed by atoms with Crippen molar-refractivity contribution in [3.8, 4) is 0 Å². The summed E-state index contributed by atoms with van der Waals surface area (Å²) in [6.45, 7) is 4.11. The molecule has 0 aliphatic carbocycles. The quantitative estimate of drug-likeness (QED) is 0.805. The number of nitrogens with zero attached hydrogens (tertiary/aromatic N) is 6.